The van der Waals surface area contributed by atoms with Crippen LogP contribution >= 0.6 is 23.2 Å². The van der Waals surface area contributed by atoms with Crippen LogP contribution in [-0.2, 0) is 4.79 Å². The van der Waals surface area contributed by atoms with Crippen molar-refractivity contribution in [3.63, 3.8) is 0 Å². The quantitative estimate of drug-likeness (QED) is 0.861. The van der Waals surface area contributed by atoms with Crippen LogP contribution in [0.25, 0.3) is 0 Å². The minimum atomic E-state index is -0.638. The smallest absolute Gasteiger partial charge is 0.242 e. The Kier molecular flexibility index (Phi) is 4.90. The Hall–Kier alpha value is -1.13. The minimum Gasteiger partial charge on any atom is -0.495 e. The number of nitrogens with one attached hydrogen (secondary N) is 1. The average Bonchev–Trinajstić information content (AvgIpc) is 2.30. The lowest BCUT2D eigenvalue weighted by Crippen LogP contribution is -2.20. The first kappa shape index (κ1) is 13.9. The van der Waals surface area contributed by atoms with Crippen molar-refractivity contribution >= 4 is 34.8 Å². The number of carbonyl (C=O) groups excluding carboxylic acids is 1. The van der Waals surface area contributed by atoms with Crippen molar-refractivity contribution in [3.8, 4) is 11.5 Å². The molecule has 0 radical (unpaired) electrons. The van der Waals surface area contributed by atoms with E-state index in [2.05, 4.69) is 5.32 Å². The molecule has 0 unspecified atom stereocenters. The molecule has 0 heterocycles. The van der Waals surface area contributed by atoms with E-state index in [0.717, 1.165) is 0 Å². The summed E-state index contributed by atoms with van der Waals surface area (Å²) in [5.41, 5.74) is 0.464. The standard InChI is InChI=1S/C11H13Cl2NO3/c1-6(12)11(15)14-8-5-9(16-2)7(13)4-10(8)17-3/h4-6H,1-3H3,(H,14,15)/t6-/m1/s1. The Morgan fingerprint density at radius 1 is 1.29 bits per heavy atom. The highest BCUT2D eigenvalue weighted by Gasteiger charge is 2.15. The number of methoxy groups -OCH3 is 2. The highest BCUT2D eigenvalue weighted by Crippen LogP contribution is 2.35. The van der Waals surface area contributed by atoms with Crippen LogP contribution in [0.5, 0.6) is 11.5 Å². The van der Waals surface area contributed by atoms with Crippen molar-refractivity contribution in [3.05, 3.63) is 17.2 Å². The van der Waals surface area contributed by atoms with Crippen molar-refractivity contribution in [2.45, 2.75) is 12.3 Å². The third kappa shape index (κ3) is 3.41. The zero-order chi connectivity index (χ0) is 13.0. The lowest BCUT2D eigenvalue weighted by molar-refractivity contribution is -0.115. The molecule has 0 bridgehead atoms. The maximum absolute atomic E-state index is 11.5. The summed E-state index contributed by atoms with van der Waals surface area (Å²) in [4.78, 5) is 11.5. The summed E-state index contributed by atoms with van der Waals surface area (Å²) in [7, 11) is 2.97. The molecule has 1 aromatic carbocycles. The Bertz CT molecular complexity index is 421. The van der Waals surface area contributed by atoms with Crippen LogP contribution < -0.4 is 14.8 Å². The van der Waals surface area contributed by atoms with Crippen LogP contribution in [-0.4, -0.2) is 25.5 Å². The summed E-state index contributed by atoms with van der Waals surface area (Å²) in [6, 6.07) is 3.15. The summed E-state index contributed by atoms with van der Waals surface area (Å²) in [5, 5.41) is 2.39. The van der Waals surface area contributed by atoms with E-state index in [9.17, 15) is 4.79 Å². The van der Waals surface area contributed by atoms with Gasteiger partial charge in [-0.25, -0.2) is 0 Å². The molecule has 0 saturated carbocycles. The molecule has 0 spiro atoms. The maximum Gasteiger partial charge on any atom is 0.242 e. The summed E-state index contributed by atoms with van der Waals surface area (Å²) in [5.74, 6) is 0.570. The van der Waals surface area contributed by atoms with Gasteiger partial charge in [-0.05, 0) is 6.92 Å². The van der Waals surface area contributed by atoms with Crippen LogP contribution in [0.3, 0.4) is 0 Å². The van der Waals surface area contributed by atoms with Gasteiger partial charge in [0.1, 0.15) is 16.9 Å². The number of hydrogen-bond donors (Lipinski definition) is 1. The van der Waals surface area contributed by atoms with E-state index in [1.54, 1.807) is 19.1 Å². The predicted molar refractivity (Wildman–Crippen MR) is 68.5 cm³/mol. The topological polar surface area (TPSA) is 47.6 Å². The zero-order valence-corrected chi connectivity index (χ0v) is 11.2. The highest BCUT2D eigenvalue weighted by molar-refractivity contribution is 6.33. The van der Waals surface area contributed by atoms with Gasteiger partial charge in [0.2, 0.25) is 5.91 Å². The Morgan fingerprint density at radius 3 is 2.35 bits per heavy atom. The van der Waals surface area contributed by atoms with Gasteiger partial charge < -0.3 is 14.8 Å². The van der Waals surface area contributed by atoms with Crippen molar-refractivity contribution in [2.24, 2.45) is 0 Å². The molecule has 1 aromatic rings. The molecule has 0 aromatic heterocycles. The van der Waals surface area contributed by atoms with E-state index < -0.39 is 5.38 Å². The average molecular weight is 278 g/mol. The third-order valence-corrected chi connectivity index (χ3v) is 2.59. The molecule has 0 aliphatic heterocycles. The highest BCUT2D eigenvalue weighted by atomic mass is 35.5. The Balaban J connectivity index is 3.08. The van der Waals surface area contributed by atoms with Gasteiger partial charge in [0.25, 0.3) is 0 Å². The number of halogens is 2. The van der Waals surface area contributed by atoms with Crippen molar-refractivity contribution < 1.29 is 14.3 Å². The monoisotopic (exact) mass is 277 g/mol. The lowest BCUT2D eigenvalue weighted by Gasteiger charge is -2.13. The fourth-order valence-corrected chi connectivity index (χ4v) is 1.48. The van der Waals surface area contributed by atoms with Gasteiger partial charge in [-0.1, -0.05) is 11.6 Å². The molecular formula is C11H13Cl2NO3. The normalized spacial score (nSPS) is 11.8. The number of carbonyl (C=O) groups is 1. The van der Waals surface area contributed by atoms with Crippen molar-refractivity contribution in [1.29, 1.82) is 0 Å². The molecule has 1 rings (SSSR count). The number of amides is 1. The Morgan fingerprint density at radius 2 is 1.88 bits per heavy atom. The second-order valence-electron chi connectivity index (χ2n) is 3.29. The van der Waals surface area contributed by atoms with E-state index in [4.69, 9.17) is 32.7 Å². The molecule has 1 amide bonds. The van der Waals surface area contributed by atoms with Gasteiger partial charge in [0.15, 0.2) is 0 Å². The molecule has 17 heavy (non-hydrogen) atoms. The van der Waals surface area contributed by atoms with Crippen LogP contribution in [0.2, 0.25) is 5.02 Å². The predicted octanol–water partition coefficient (Wildman–Crippen LogP) is 2.92. The number of anilines is 1. The van der Waals surface area contributed by atoms with Gasteiger partial charge in [0, 0.05) is 12.1 Å². The molecule has 0 saturated heterocycles. The van der Waals surface area contributed by atoms with Gasteiger partial charge >= 0.3 is 0 Å². The molecule has 1 atom stereocenters. The van der Waals surface area contributed by atoms with Gasteiger partial charge in [-0.3, -0.25) is 4.79 Å². The largest absolute Gasteiger partial charge is 0.495 e. The van der Waals surface area contributed by atoms with Gasteiger partial charge in [-0.2, -0.15) is 0 Å². The first-order valence-electron chi connectivity index (χ1n) is 4.86. The second kappa shape index (κ2) is 5.98. The number of alkyl halides is 1. The van der Waals surface area contributed by atoms with Crippen LogP contribution in [0, 0.1) is 0 Å². The van der Waals surface area contributed by atoms with E-state index in [-0.39, 0.29) is 5.91 Å². The summed E-state index contributed by atoms with van der Waals surface area (Å²) >= 11 is 11.6. The van der Waals surface area contributed by atoms with Crippen LogP contribution in [0.15, 0.2) is 12.1 Å². The second-order valence-corrected chi connectivity index (χ2v) is 4.35. The van der Waals surface area contributed by atoms with Crippen LogP contribution in [0.1, 0.15) is 6.92 Å². The molecule has 1 N–H and O–H groups in total. The SMILES string of the molecule is COc1cc(NC(=O)[C@@H](C)Cl)c(OC)cc1Cl. The number of hydrogen-bond acceptors (Lipinski definition) is 3. The summed E-state index contributed by atoms with van der Waals surface area (Å²) in [6.45, 7) is 1.58. The van der Waals surface area contributed by atoms with E-state index in [0.29, 0.717) is 22.2 Å². The molecular weight excluding hydrogens is 265 g/mol. The van der Waals surface area contributed by atoms with E-state index >= 15 is 0 Å². The van der Waals surface area contributed by atoms with Crippen LogP contribution in [0.4, 0.5) is 5.69 Å². The zero-order valence-electron chi connectivity index (χ0n) is 9.71. The van der Waals surface area contributed by atoms with Gasteiger partial charge in [0.05, 0.1) is 24.9 Å². The summed E-state index contributed by atoms with van der Waals surface area (Å²) < 4.78 is 10.2. The summed E-state index contributed by atoms with van der Waals surface area (Å²) in [6.07, 6.45) is 0. The minimum absolute atomic E-state index is 0.325. The number of ether oxygens (including phenoxy) is 2. The van der Waals surface area contributed by atoms with Crippen molar-refractivity contribution in [2.75, 3.05) is 19.5 Å². The van der Waals surface area contributed by atoms with E-state index in [1.807, 2.05) is 0 Å². The fourth-order valence-electron chi connectivity index (χ4n) is 1.19. The number of rotatable bonds is 4. The molecule has 4 nitrogen and oxygen atoms in total. The first-order chi connectivity index (χ1) is 7.99. The van der Waals surface area contributed by atoms with Gasteiger partial charge in [-0.15, -0.1) is 11.6 Å². The maximum atomic E-state index is 11.5. The lowest BCUT2D eigenvalue weighted by atomic mass is 10.2. The number of benzene rings is 1. The third-order valence-electron chi connectivity index (χ3n) is 2.09. The van der Waals surface area contributed by atoms with E-state index in [1.165, 1.54) is 14.2 Å². The van der Waals surface area contributed by atoms with Crippen molar-refractivity contribution in [1.82, 2.24) is 0 Å². The fraction of sp³-hybridized carbons (Fsp3) is 0.364. The first-order valence-corrected chi connectivity index (χ1v) is 5.67. The molecule has 94 valence electrons. The molecule has 0 fully saturated rings. The molecule has 6 heteroatoms. The molecule has 0 aliphatic rings. The molecule has 0 aliphatic carbocycles. The Labute approximate surface area is 110 Å².